The van der Waals surface area contributed by atoms with Crippen LogP contribution in [0.1, 0.15) is 12.8 Å². The first-order chi connectivity index (χ1) is 8.04. The first kappa shape index (κ1) is 10.3. The van der Waals surface area contributed by atoms with Crippen molar-refractivity contribution in [3.8, 4) is 5.88 Å². The van der Waals surface area contributed by atoms with E-state index in [1.54, 1.807) is 6.07 Å². The van der Waals surface area contributed by atoms with Gasteiger partial charge in [-0.25, -0.2) is 9.78 Å². The molecule has 0 unspecified atom stereocenters. The van der Waals surface area contributed by atoms with Gasteiger partial charge < -0.3 is 20.3 Å². The zero-order valence-corrected chi connectivity index (χ0v) is 8.92. The highest BCUT2D eigenvalue weighted by Crippen LogP contribution is 2.53. The van der Waals surface area contributed by atoms with E-state index in [2.05, 4.69) is 9.97 Å². The van der Waals surface area contributed by atoms with Gasteiger partial charge in [-0.1, -0.05) is 0 Å². The van der Waals surface area contributed by atoms with E-state index in [0.29, 0.717) is 18.7 Å². The van der Waals surface area contributed by atoms with Crippen LogP contribution in [0, 0.1) is 0 Å². The molecule has 0 spiro atoms. The third kappa shape index (κ3) is 1.42. The average molecular weight is 237 g/mol. The molecule has 1 aromatic heterocycles. The number of carboxylic acids is 1. The van der Waals surface area contributed by atoms with E-state index in [9.17, 15) is 4.79 Å². The van der Waals surface area contributed by atoms with Crippen LogP contribution in [0.25, 0.3) is 0 Å². The fourth-order valence-electron chi connectivity index (χ4n) is 2.41. The number of nitrogens with two attached hydrogens (primary N) is 1. The molecule has 17 heavy (non-hydrogen) atoms. The van der Waals surface area contributed by atoms with Crippen LogP contribution in [0.3, 0.4) is 0 Å². The van der Waals surface area contributed by atoms with Crippen molar-refractivity contribution < 1.29 is 19.4 Å². The van der Waals surface area contributed by atoms with Gasteiger partial charge in [0.05, 0.1) is 6.61 Å². The van der Waals surface area contributed by atoms with Gasteiger partial charge in [0.1, 0.15) is 5.60 Å². The van der Waals surface area contributed by atoms with Crippen molar-refractivity contribution in [3.05, 3.63) is 12.3 Å². The summed E-state index contributed by atoms with van der Waals surface area (Å²) in [5, 5.41) is 9.01. The molecule has 3 fully saturated rings. The lowest BCUT2D eigenvalue weighted by Gasteiger charge is -2.40. The molecule has 1 saturated carbocycles. The number of nitrogen functional groups attached to an aromatic ring is 1. The van der Waals surface area contributed by atoms with E-state index in [1.807, 2.05) is 0 Å². The van der Waals surface area contributed by atoms with Crippen LogP contribution in [-0.2, 0) is 9.53 Å². The second kappa shape index (κ2) is 3.07. The Morgan fingerprint density at radius 1 is 1.59 bits per heavy atom. The van der Waals surface area contributed by atoms with Gasteiger partial charge in [-0.3, -0.25) is 0 Å². The average Bonchev–Trinajstić information content (AvgIpc) is 2.73. The van der Waals surface area contributed by atoms with E-state index >= 15 is 0 Å². The zero-order valence-electron chi connectivity index (χ0n) is 8.92. The highest BCUT2D eigenvalue weighted by atomic mass is 16.6. The molecule has 7 heteroatoms. The van der Waals surface area contributed by atoms with Crippen molar-refractivity contribution in [1.82, 2.24) is 9.97 Å². The number of anilines is 1. The second-order valence-electron chi connectivity index (χ2n) is 4.48. The third-order valence-electron chi connectivity index (χ3n) is 3.19. The van der Waals surface area contributed by atoms with Crippen LogP contribution in [0.4, 0.5) is 5.95 Å². The Bertz CT molecular complexity index is 484. The maximum absolute atomic E-state index is 11.0. The molecule has 2 aliphatic heterocycles. The Morgan fingerprint density at radius 3 is 2.94 bits per heavy atom. The smallest absolute Gasteiger partial charge is 0.336 e. The summed E-state index contributed by atoms with van der Waals surface area (Å²) in [5.74, 6) is -0.458. The van der Waals surface area contributed by atoms with Crippen molar-refractivity contribution in [2.45, 2.75) is 24.0 Å². The van der Waals surface area contributed by atoms with E-state index in [4.69, 9.17) is 20.3 Å². The first-order valence-corrected chi connectivity index (χ1v) is 5.19. The molecule has 2 bridgehead atoms. The van der Waals surface area contributed by atoms with E-state index in [-0.39, 0.29) is 12.6 Å². The number of rotatable bonds is 3. The summed E-state index contributed by atoms with van der Waals surface area (Å²) in [6.07, 6.45) is 2.19. The van der Waals surface area contributed by atoms with Crippen LogP contribution in [0.2, 0.25) is 0 Å². The summed E-state index contributed by atoms with van der Waals surface area (Å²) in [6.45, 7) is 0.267. The van der Waals surface area contributed by atoms with Gasteiger partial charge in [-0.05, 0) is 0 Å². The van der Waals surface area contributed by atoms with E-state index < -0.39 is 17.2 Å². The number of hydrogen-bond donors (Lipinski definition) is 2. The fourth-order valence-corrected chi connectivity index (χ4v) is 2.41. The molecule has 3 aliphatic rings. The summed E-state index contributed by atoms with van der Waals surface area (Å²) >= 11 is 0. The summed E-state index contributed by atoms with van der Waals surface area (Å²) < 4.78 is 10.9. The van der Waals surface area contributed by atoms with Crippen LogP contribution >= 0.6 is 0 Å². The Labute approximate surface area is 96.6 Å². The van der Waals surface area contributed by atoms with Crippen molar-refractivity contribution in [1.29, 1.82) is 0 Å². The van der Waals surface area contributed by atoms with Crippen LogP contribution in [0.5, 0.6) is 5.88 Å². The van der Waals surface area contributed by atoms with Gasteiger partial charge in [0.25, 0.3) is 0 Å². The van der Waals surface area contributed by atoms with Gasteiger partial charge in [-0.15, -0.1) is 0 Å². The topological polar surface area (TPSA) is 108 Å². The van der Waals surface area contributed by atoms with Gasteiger partial charge in [0.15, 0.2) is 5.60 Å². The van der Waals surface area contributed by atoms with E-state index in [1.165, 1.54) is 6.20 Å². The van der Waals surface area contributed by atoms with Crippen molar-refractivity contribution >= 4 is 11.9 Å². The molecule has 4 rings (SSSR count). The Morgan fingerprint density at radius 2 is 2.35 bits per heavy atom. The number of hydrogen-bond acceptors (Lipinski definition) is 6. The lowest BCUT2D eigenvalue weighted by Crippen LogP contribution is -2.56. The zero-order chi connectivity index (χ0) is 12.1. The Hall–Kier alpha value is -1.89. The predicted molar refractivity (Wildman–Crippen MR) is 55.4 cm³/mol. The van der Waals surface area contributed by atoms with Gasteiger partial charge in [0.2, 0.25) is 11.8 Å². The molecule has 90 valence electrons. The SMILES string of the molecule is Nc1nccc(OC23COC(C(=O)O)(C2)C3)n1. The van der Waals surface area contributed by atoms with Gasteiger partial charge in [0, 0.05) is 25.1 Å². The lowest BCUT2D eigenvalue weighted by molar-refractivity contribution is -0.166. The summed E-state index contributed by atoms with van der Waals surface area (Å²) in [7, 11) is 0. The lowest BCUT2D eigenvalue weighted by atomic mass is 9.71. The van der Waals surface area contributed by atoms with Crippen molar-refractivity contribution in [3.63, 3.8) is 0 Å². The largest absolute Gasteiger partial charge is 0.479 e. The second-order valence-corrected chi connectivity index (χ2v) is 4.48. The van der Waals surface area contributed by atoms with Gasteiger partial charge >= 0.3 is 5.97 Å². The van der Waals surface area contributed by atoms with Crippen LogP contribution < -0.4 is 10.5 Å². The summed E-state index contributed by atoms with van der Waals surface area (Å²) in [6, 6.07) is 1.59. The molecule has 3 N–H and O–H groups in total. The summed E-state index contributed by atoms with van der Waals surface area (Å²) in [4.78, 5) is 18.7. The molecular formula is C10H11N3O4. The Balaban J connectivity index is 1.75. The van der Waals surface area contributed by atoms with Crippen LogP contribution in [0.15, 0.2) is 12.3 Å². The standard InChI is InChI=1S/C10H11N3O4/c11-8-12-2-1-6(13-8)17-9-3-10(4-9,7(14)15)16-5-9/h1-2H,3-5H2,(H,14,15)(H2,11,12,13). The molecule has 3 heterocycles. The monoisotopic (exact) mass is 237 g/mol. The number of aliphatic carboxylic acids is 1. The maximum Gasteiger partial charge on any atom is 0.336 e. The fraction of sp³-hybridized carbons (Fsp3) is 0.500. The molecule has 1 aliphatic carbocycles. The number of aromatic nitrogens is 2. The van der Waals surface area contributed by atoms with Gasteiger partial charge in [-0.2, -0.15) is 4.98 Å². The minimum absolute atomic E-state index is 0.127. The highest BCUT2D eigenvalue weighted by molar-refractivity contribution is 5.80. The molecule has 0 amide bonds. The van der Waals surface area contributed by atoms with Crippen molar-refractivity contribution in [2.75, 3.05) is 12.3 Å². The maximum atomic E-state index is 11.0. The number of ether oxygens (including phenoxy) is 2. The molecule has 0 atom stereocenters. The molecule has 7 nitrogen and oxygen atoms in total. The number of nitrogens with zero attached hydrogens (tertiary/aromatic N) is 2. The number of carbonyl (C=O) groups is 1. The molecule has 2 saturated heterocycles. The van der Waals surface area contributed by atoms with Crippen molar-refractivity contribution in [2.24, 2.45) is 0 Å². The molecule has 0 radical (unpaired) electrons. The molecule has 0 aromatic carbocycles. The molecule has 1 aromatic rings. The first-order valence-electron chi connectivity index (χ1n) is 5.19. The number of carboxylic acid groups (broad SMARTS) is 1. The number of fused-ring (bicyclic) bond motifs is 1. The third-order valence-corrected chi connectivity index (χ3v) is 3.19. The summed E-state index contributed by atoms with van der Waals surface area (Å²) in [5.41, 5.74) is 3.81. The Kier molecular flexibility index (Phi) is 1.86. The molecular weight excluding hydrogens is 226 g/mol. The highest BCUT2D eigenvalue weighted by Gasteiger charge is 2.69. The van der Waals surface area contributed by atoms with E-state index in [0.717, 1.165) is 0 Å². The predicted octanol–water partition coefficient (Wildman–Crippen LogP) is -0.176. The minimum Gasteiger partial charge on any atom is -0.479 e. The van der Waals surface area contributed by atoms with Crippen LogP contribution in [-0.4, -0.2) is 38.9 Å². The quantitative estimate of drug-likeness (QED) is 0.750. The minimum atomic E-state index is -1.06. The normalized spacial score (nSPS) is 34.1.